The Morgan fingerprint density at radius 3 is 2.30 bits per heavy atom. The van der Waals surface area contributed by atoms with Crippen LogP contribution < -0.4 is 0 Å². The van der Waals surface area contributed by atoms with Crippen LogP contribution in [0.4, 0.5) is 0 Å². The van der Waals surface area contributed by atoms with Gasteiger partial charge in [0.1, 0.15) is 5.76 Å². The molecule has 1 aromatic carbocycles. The molecule has 0 N–H and O–H groups in total. The minimum absolute atomic E-state index is 0.0964. The number of carbonyl (C=O) groups excluding carboxylic acids is 1. The number of nitrogens with zero attached hydrogens (tertiary/aromatic N) is 3. The van der Waals surface area contributed by atoms with Gasteiger partial charge in [0, 0.05) is 31.6 Å². The summed E-state index contributed by atoms with van der Waals surface area (Å²) in [5.41, 5.74) is 0.238. The third kappa shape index (κ3) is 5.08. The molecule has 0 saturated carbocycles. The van der Waals surface area contributed by atoms with Gasteiger partial charge in [-0.05, 0) is 31.2 Å². The van der Waals surface area contributed by atoms with Gasteiger partial charge in [-0.3, -0.25) is 4.90 Å². The Labute approximate surface area is 177 Å². The fraction of sp³-hybridized carbons (Fsp3) is 0.524. The van der Waals surface area contributed by atoms with E-state index in [2.05, 4.69) is 30.7 Å². The zero-order chi connectivity index (χ0) is 21.9. The molecule has 0 amide bonds. The molecule has 1 aliphatic rings. The lowest BCUT2D eigenvalue weighted by molar-refractivity contribution is 0.0526. The van der Waals surface area contributed by atoms with Crippen molar-refractivity contribution in [2.75, 3.05) is 32.8 Å². The lowest BCUT2D eigenvalue weighted by atomic mass is 9.94. The lowest BCUT2D eigenvalue weighted by Crippen LogP contribution is -2.48. The smallest absolute Gasteiger partial charge is 0.338 e. The quantitative estimate of drug-likeness (QED) is 0.644. The van der Waals surface area contributed by atoms with E-state index in [1.807, 2.05) is 0 Å². The molecule has 2 aromatic rings. The molecule has 1 aliphatic heterocycles. The molecular weight excluding hydrogens is 406 g/mol. The molecule has 8 nitrogen and oxygen atoms in total. The van der Waals surface area contributed by atoms with Crippen molar-refractivity contribution in [1.82, 2.24) is 14.2 Å². The second kappa shape index (κ2) is 8.87. The van der Waals surface area contributed by atoms with Crippen LogP contribution in [0, 0.1) is 0 Å². The van der Waals surface area contributed by atoms with Crippen LogP contribution in [0.25, 0.3) is 0 Å². The van der Waals surface area contributed by atoms with Crippen LogP contribution in [0.3, 0.4) is 0 Å². The number of oxazole rings is 1. The molecule has 2 heterocycles. The Hall–Kier alpha value is -2.23. The third-order valence-electron chi connectivity index (χ3n) is 4.99. The maximum Gasteiger partial charge on any atom is 0.338 e. The van der Waals surface area contributed by atoms with Crippen LogP contribution in [-0.2, 0) is 26.7 Å². The van der Waals surface area contributed by atoms with Gasteiger partial charge in [0.2, 0.25) is 15.9 Å². The maximum absolute atomic E-state index is 12.9. The number of hydrogen-bond donors (Lipinski definition) is 0. The molecule has 0 radical (unpaired) electrons. The zero-order valence-corrected chi connectivity index (χ0v) is 18.7. The monoisotopic (exact) mass is 435 g/mol. The lowest BCUT2D eigenvalue weighted by Gasteiger charge is -2.33. The van der Waals surface area contributed by atoms with Gasteiger partial charge in [0.05, 0.1) is 29.8 Å². The second-order valence-electron chi connectivity index (χ2n) is 8.29. The highest BCUT2D eigenvalue weighted by Gasteiger charge is 2.29. The number of carbonyl (C=O) groups is 1. The minimum atomic E-state index is -3.61. The highest BCUT2D eigenvalue weighted by Crippen LogP contribution is 2.24. The summed E-state index contributed by atoms with van der Waals surface area (Å²) < 4.78 is 38.1. The third-order valence-corrected chi connectivity index (χ3v) is 6.90. The predicted octanol–water partition coefficient (Wildman–Crippen LogP) is 2.66. The highest BCUT2D eigenvalue weighted by molar-refractivity contribution is 7.89. The first-order valence-corrected chi connectivity index (χ1v) is 11.5. The summed E-state index contributed by atoms with van der Waals surface area (Å²) in [5, 5.41) is 0. The van der Waals surface area contributed by atoms with Crippen LogP contribution in [0.5, 0.6) is 0 Å². The van der Waals surface area contributed by atoms with Crippen molar-refractivity contribution in [2.24, 2.45) is 0 Å². The fourth-order valence-corrected chi connectivity index (χ4v) is 4.60. The Bertz CT molecular complexity index is 969. The molecule has 0 bridgehead atoms. The van der Waals surface area contributed by atoms with Crippen molar-refractivity contribution in [1.29, 1.82) is 0 Å². The summed E-state index contributed by atoms with van der Waals surface area (Å²) >= 11 is 0. The number of sulfonamides is 1. The van der Waals surface area contributed by atoms with Crippen molar-refractivity contribution >= 4 is 16.0 Å². The predicted molar refractivity (Wildman–Crippen MR) is 112 cm³/mol. The van der Waals surface area contributed by atoms with Gasteiger partial charge in [-0.25, -0.2) is 18.2 Å². The summed E-state index contributed by atoms with van der Waals surface area (Å²) in [6, 6.07) is 5.87. The van der Waals surface area contributed by atoms with E-state index in [4.69, 9.17) is 9.15 Å². The number of benzene rings is 1. The number of rotatable bonds is 6. The van der Waals surface area contributed by atoms with Crippen LogP contribution in [0.1, 0.15) is 49.7 Å². The molecule has 1 fully saturated rings. The number of esters is 1. The Morgan fingerprint density at radius 1 is 1.13 bits per heavy atom. The first-order chi connectivity index (χ1) is 14.1. The van der Waals surface area contributed by atoms with Gasteiger partial charge < -0.3 is 9.15 Å². The van der Waals surface area contributed by atoms with Crippen molar-refractivity contribution in [3.8, 4) is 0 Å². The first kappa shape index (κ1) is 22.5. The normalized spacial score (nSPS) is 16.5. The minimum Gasteiger partial charge on any atom is -0.462 e. The molecule has 9 heteroatoms. The summed E-state index contributed by atoms with van der Waals surface area (Å²) in [5.74, 6) is 1.02. The summed E-state index contributed by atoms with van der Waals surface area (Å²) in [6.07, 6.45) is 1.76. The average molecular weight is 436 g/mol. The van der Waals surface area contributed by atoms with Gasteiger partial charge in [-0.15, -0.1) is 0 Å². The van der Waals surface area contributed by atoms with Crippen LogP contribution >= 0.6 is 0 Å². The number of ether oxygens (including phenoxy) is 1. The Kier molecular flexibility index (Phi) is 6.64. The van der Waals surface area contributed by atoms with Gasteiger partial charge >= 0.3 is 5.97 Å². The summed E-state index contributed by atoms with van der Waals surface area (Å²) in [7, 11) is -3.61. The molecule has 3 rings (SSSR count). The largest absolute Gasteiger partial charge is 0.462 e. The molecule has 0 atom stereocenters. The highest BCUT2D eigenvalue weighted by atomic mass is 32.2. The summed E-state index contributed by atoms with van der Waals surface area (Å²) in [6.45, 7) is 10.7. The van der Waals surface area contributed by atoms with E-state index in [0.717, 1.165) is 5.76 Å². The number of aromatic nitrogens is 1. The Morgan fingerprint density at radius 2 is 1.77 bits per heavy atom. The van der Waals surface area contributed by atoms with E-state index in [1.165, 1.54) is 28.6 Å². The Balaban J connectivity index is 1.59. The summed E-state index contributed by atoms with van der Waals surface area (Å²) in [4.78, 5) is 18.4. The van der Waals surface area contributed by atoms with Crippen molar-refractivity contribution in [3.63, 3.8) is 0 Å². The van der Waals surface area contributed by atoms with Crippen molar-refractivity contribution in [2.45, 2.75) is 44.6 Å². The van der Waals surface area contributed by atoms with E-state index in [0.29, 0.717) is 44.2 Å². The topological polar surface area (TPSA) is 93.0 Å². The number of hydrogen-bond acceptors (Lipinski definition) is 7. The van der Waals surface area contributed by atoms with E-state index in [9.17, 15) is 13.2 Å². The van der Waals surface area contributed by atoms with Gasteiger partial charge in [-0.2, -0.15) is 4.31 Å². The molecule has 1 aromatic heterocycles. The van der Waals surface area contributed by atoms with E-state index >= 15 is 0 Å². The standard InChI is InChI=1S/C21H29N3O5S/c1-5-28-20(25)16-6-8-17(9-7-16)30(26,27)24-12-10-23(11-13-24)15-19-22-14-18(29-19)21(2,3)4/h6-9,14H,5,10-13,15H2,1-4H3. The van der Waals surface area contributed by atoms with Gasteiger partial charge in [0.15, 0.2) is 0 Å². The molecule has 164 valence electrons. The first-order valence-electron chi connectivity index (χ1n) is 10.1. The van der Waals surface area contributed by atoms with Crippen molar-refractivity contribution in [3.05, 3.63) is 47.7 Å². The molecule has 30 heavy (non-hydrogen) atoms. The molecule has 0 aliphatic carbocycles. The van der Waals surface area contributed by atoms with E-state index in [-0.39, 0.29) is 16.9 Å². The maximum atomic E-state index is 12.9. The van der Waals surface area contributed by atoms with E-state index in [1.54, 1.807) is 13.1 Å². The van der Waals surface area contributed by atoms with Gasteiger partial charge in [-0.1, -0.05) is 20.8 Å². The zero-order valence-electron chi connectivity index (χ0n) is 17.9. The molecule has 0 spiro atoms. The van der Waals surface area contributed by atoms with Crippen LogP contribution in [0.2, 0.25) is 0 Å². The number of piperazine rings is 1. The van der Waals surface area contributed by atoms with Crippen LogP contribution in [0.15, 0.2) is 39.8 Å². The molecule has 1 saturated heterocycles. The fourth-order valence-electron chi connectivity index (χ4n) is 3.18. The van der Waals surface area contributed by atoms with Crippen molar-refractivity contribution < 1.29 is 22.4 Å². The van der Waals surface area contributed by atoms with E-state index < -0.39 is 16.0 Å². The molecule has 0 unspecified atom stereocenters. The molecular formula is C21H29N3O5S. The van der Waals surface area contributed by atoms with Gasteiger partial charge in [0.25, 0.3) is 0 Å². The SMILES string of the molecule is CCOC(=O)c1ccc(S(=O)(=O)N2CCN(Cc3ncc(C(C)(C)C)o3)CC2)cc1. The van der Waals surface area contributed by atoms with Crippen LogP contribution in [-0.4, -0.2) is 61.4 Å². The average Bonchev–Trinajstić information content (AvgIpc) is 3.18. The second-order valence-corrected chi connectivity index (χ2v) is 10.2.